The molecular weight excluding hydrogens is 924 g/mol. The van der Waals surface area contributed by atoms with Gasteiger partial charge in [0.15, 0.2) is 5.65 Å². The van der Waals surface area contributed by atoms with Crippen LogP contribution in [-0.2, 0) is 37.3 Å². The van der Waals surface area contributed by atoms with E-state index in [2.05, 4.69) is 140 Å². The molecular formula is C51H49N6O2Pt-. The molecule has 0 saturated heterocycles. The van der Waals surface area contributed by atoms with Crippen molar-refractivity contribution >= 4 is 28.0 Å². The van der Waals surface area contributed by atoms with Gasteiger partial charge in [-0.25, -0.2) is 9.97 Å². The minimum atomic E-state index is -0.315. The quantitative estimate of drug-likeness (QED) is 0.168. The molecule has 4 aromatic heterocycles. The molecule has 0 spiro atoms. The zero-order valence-corrected chi connectivity index (χ0v) is 37.8. The van der Waals surface area contributed by atoms with E-state index < -0.39 is 0 Å². The van der Waals surface area contributed by atoms with Gasteiger partial charge in [-0.05, 0) is 75.4 Å². The van der Waals surface area contributed by atoms with Crippen molar-refractivity contribution in [1.29, 1.82) is 0 Å². The number of phenols is 1. The van der Waals surface area contributed by atoms with E-state index in [0.717, 1.165) is 61.6 Å². The van der Waals surface area contributed by atoms with Gasteiger partial charge in [0.05, 0.1) is 27.9 Å². The van der Waals surface area contributed by atoms with Gasteiger partial charge in [0, 0.05) is 55.9 Å². The fourth-order valence-electron chi connectivity index (χ4n) is 7.81. The third-order valence-electron chi connectivity index (χ3n) is 11.1. The van der Waals surface area contributed by atoms with Crippen LogP contribution in [0, 0.1) is 6.07 Å². The molecule has 0 aliphatic rings. The van der Waals surface area contributed by atoms with Crippen LogP contribution in [0.4, 0.5) is 0 Å². The van der Waals surface area contributed by atoms with Crippen LogP contribution in [0.15, 0.2) is 128 Å². The van der Waals surface area contributed by atoms with Gasteiger partial charge in [-0.1, -0.05) is 123 Å². The van der Waals surface area contributed by atoms with Crippen molar-refractivity contribution in [2.24, 2.45) is 0 Å². The van der Waals surface area contributed by atoms with E-state index in [1.54, 1.807) is 6.20 Å². The Labute approximate surface area is 365 Å². The van der Waals surface area contributed by atoms with E-state index in [1.165, 1.54) is 5.56 Å². The van der Waals surface area contributed by atoms with Gasteiger partial charge in [0.25, 0.3) is 0 Å². The molecule has 5 aromatic carbocycles. The van der Waals surface area contributed by atoms with Crippen molar-refractivity contribution in [3.05, 3.63) is 150 Å². The van der Waals surface area contributed by atoms with Crippen molar-refractivity contribution in [3.63, 3.8) is 0 Å². The Morgan fingerprint density at radius 3 is 2.08 bits per heavy atom. The molecule has 306 valence electrons. The summed E-state index contributed by atoms with van der Waals surface area (Å²) < 4.78 is 13.0. The minimum Gasteiger partial charge on any atom is -0.507 e. The molecule has 0 bridgehead atoms. The maximum Gasteiger partial charge on any atom is 0.305 e. The molecule has 9 heteroatoms. The number of nitrogens with zero attached hydrogens (tertiary/aromatic N) is 6. The Bertz CT molecular complexity index is 3050. The maximum absolute atomic E-state index is 12.0. The summed E-state index contributed by atoms with van der Waals surface area (Å²) in [5.74, 6) is 1.40. The van der Waals surface area contributed by atoms with Crippen LogP contribution in [0.25, 0.3) is 61.7 Å². The van der Waals surface area contributed by atoms with Crippen LogP contribution < -0.4 is 4.74 Å². The molecule has 8 nitrogen and oxygen atoms in total. The summed E-state index contributed by atoms with van der Waals surface area (Å²) in [6.07, 6.45) is 3.78. The van der Waals surface area contributed by atoms with Gasteiger partial charge in [-0.15, -0.1) is 18.2 Å². The van der Waals surface area contributed by atoms with Crippen molar-refractivity contribution in [1.82, 2.24) is 28.5 Å². The van der Waals surface area contributed by atoms with Gasteiger partial charge < -0.3 is 9.84 Å². The molecule has 0 saturated carbocycles. The summed E-state index contributed by atoms with van der Waals surface area (Å²) >= 11 is 0. The first kappa shape index (κ1) is 40.8. The molecule has 1 N–H and O–H groups in total. The van der Waals surface area contributed by atoms with Gasteiger partial charge in [-0.2, -0.15) is 11.1 Å². The fourth-order valence-corrected chi connectivity index (χ4v) is 7.81. The SMILES string of the molecule is CC(C)(C)c1ccc(-n2cc(-c3cc(C(C)(C)C)cc(C(C)(C)C)c3O)nc2Oc2[c-]c(-n3c4ncccc4n4c5ccccc5nc34)ccc2)c(-c2ccccc2)c1.[Pt]. The molecule has 0 radical (unpaired) electrons. The van der Waals surface area contributed by atoms with Crippen LogP contribution >= 0.6 is 0 Å². The number of para-hydroxylation sites is 2. The molecule has 0 unspecified atom stereocenters. The smallest absolute Gasteiger partial charge is 0.305 e. The van der Waals surface area contributed by atoms with Crippen LogP contribution in [0.2, 0.25) is 0 Å². The number of aromatic nitrogens is 6. The summed E-state index contributed by atoms with van der Waals surface area (Å²) in [4.78, 5) is 15.0. The third-order valence-corrected chi connectivity index (χ3v) is 11.1. The fraction of sp³-hybridized carbons (Fsp3) is 0.235. The van der Waals surface area contributed by atoms with E-state index in [-0.39, 0.29) is 43.1 Å². The van der Waals surface area contributed by atoms with Crippen molar-refractivity contribution in [3.8, 4) is 51.3 Å². The summed E-state index contributed by atoms with van der Waals surface area (Å²) in [5, 5.41) is 12.0. The van der Waals surface area contributed by atoms with E-state index in [0.29, 0.717) is 23.0 Å². The number of ether oxygens (including phenoxy) is 1. The number of pyridine rings is 1. The first-order valence-electron chi connectivity index (χ1n) is 20.2. The van der Waals surface area contributed by atoms with Crippen LogP contribution in [0.3, 0.4) is 0 Å². The van der Waals surface area contributed by atoms with Crippen molar-refractivity contribution < 1.29 is 30.9 Å². The maximum atomic E-state index is 12.0. The first-order chi connectivity index (χ1) is 28.1. The number of benzene rings is 5. The number of aromatic hydroxyl groups is 1. The Hall–Kier alpha value is -5.98. The predicted molar refractivity (Wildman–Crippen MR) is 238 cm³/mol. The van der Waals surface area contributed by atoms with Crippen LogP contribution in [0.5, 0.6) is 17.5 Å². The summed E-state index contributed by atoms with van der Waals surface area (Å²) in [6, 6.07) is 43.0. The van der Waals surface area contributed by atoms with Gasteiger partial charge in [0.2, 0.25) is 5.78 Å². The second-order valence-corrected chi connectivity index (χ2v) is 18.5. The second kappa shape index (κ2) is 14.9. The second-order valence-electron chi connectivity index (χ2n) is 18.5. The zero-order valence-electron chi connectivity index (χ0n) is 35.5. The van der Waals surface area contributed by atoms with E-state index in [4.69, 9.17) is 19.7 Å². The van der Waals surface area contributed by atoms with Gasteiger partial charge in [0.1, 0.15) is 5.75 Å². The topological polar surface area (TPSA) is 82.4 Å². The van der Waals surface area contributed by atoms with E-state index in [9.17, 15) is 5.11 Å². The largest absolute Gasteiger partial charge is 0.507 e. The van der Waals surface area contributed by atoms with Gasteiger partial charge >= 0.3 is 6.01 Å². The molecule has 0 fully saturated rings. The molecule has 9 aromatic rings. The van der Waals surface area contributed by atoms with Crippen LogP contribution in [0.1, 0.15) is 79.0 Å². The number of fused-ring (bicyclic) bond motifs is 5. The molecule has 0 amide bonds. The van der Waals surface area contributed by atoms with Crippen molar-refractivity contribution in [2.75, 3.05) is 0 Å². The number of imidazole rings is 3. The molecule has 0 aliphatic heterocycles. The number of hydrogen-bond acceptors (Lipinski definition) is 5. The standard InChI is InChI=1S/C51H49N6O2.Pt/c1-49(2,3)33-24-25-42(37(27-33)32-17-11-10-12-18-32)55-31-41(38-28-34(50(4,5)6)29-39(45(38)58)51(7,8)9)54-48(55)59-36-20-15-19-35(30-36)56-46-44(23-16-26-52-46)57-43-22-14-13-21-40(43)53-47(56)57;/h10-29,31,58H,1-9H3;/q-1;. The van der Waals surface area contributed by atoms with Gasteiger partial charge in [-0.3, -0.25) is 13.5 Å². The summed E-state index contributed by atoms with van der Waals surface area (Å²) in [6.45, 7) is 19.6. The average Bonchev–Trinajstić information content (AvgIpc) is 3.88. The minimum absolute atomic E-state index is 0. The number of hydrogen-bond donors (Lipinski definition) is 1. The predicted octanol–water partition coefficient (Wildman–Crippen LogP) is 12.5. The Kier molecular flexibility index (Phi) is 10.1. The summed E-state index contributed by atoms with van der Waals surface area (Å²) in [7, 11) is 0. The van der Waals surface area contributed by atoms with Crippen molar-refractivity contribution in [2.45, 2.75) is 78.6 Å². The van der Waals surface area contributed by atoms with Crippen LogP contribution in [-0.4, -0.2) is 33.6 Å². The Morgan fingerprint density at radius 2 is 1.35 bits per heavy atom. The molecule has 4 heterocycles. The average molecular weight is 973 g/mol. The summed E-state index contributed by atoms with van der Waals surface area (Å²) in [5.41, 5.74) is 11.2. The molecule has 60 heavy (non-hydrogen) atoms. The monoisotopic (exact) mass is 972 g/mol. The first-order valence-corrected chi connectivity index (χ1v) is 20.2. The van der Waals surface area contributed by atoms with E-state index in [1.807, 2.05) is 63.9 Å². The molecule has 0 aliphatic carbocycles. The number of phenolic OH excluding ortho intramolecular Hbond substituents is 1. The normalized spacial score (nSPS) is 12.3. The third kappa shape index (κ3) is 7.21. The zero-order chi connectivity index (χ0) is 41.4. The Morgan fingerprint density at radius 1 is 0.650 bits per heavy atom. The molecule has 9 rings (SSSR count). The van der Waals surface area contributed by atoms with E-state index >= 15 is 0 Å². The molecule has 0 atom stereocenters. The Balaban J connectivity index is 0.00000499. The number of rotatable bonds is 6.